The van der Waals surface area contributed by atoms with Crippen LogP contribution >= 0.6 is 0 Å². The zero-order valence-corrected chi connectivity index (χ0v) is 11.8. The summed E-state index contributed by atoms with van der Waals surface area (Å²) in [5.41, 5.74) is 9.22. The Balaban J connectivity index is 2.33. The molecule has 19 heavy (non-hydrogen) atoms. The molecule has 1 atom stereocenters. The van der Waals surface area contributed by atoms with E-state index in [-0.39, 0.29) is 6.04 Å². The fraction of sp³-hybridized carbons (Fsp3) is 0.400. The van der Waals surface area contributed by atoms with Crippen LogP contribution in [-0.4, -0.2) is 38.3 Å². The van der Waals surface area contributed by atoms with Crippen molar-refractivity contribution in [3.63, 3.8) is 0 Å². The molecular formula is C15H21N3O. The number of para-hydroxylation sites is 1. The van der Waals surface area contributed by atoms with Crippen LogP contribution in [0.15, 0.2) is 30.3 Å². The molecule has 1 heterocycles. The van der Waals surface area contributed by atoms with Crippen LogP contribution in [0.4, 0.5) is 5.69 Å². The van der Waals surface area contributed by atoms with Crippen LogP contribution in [0, 0.1) is 6.92 Å². The molecule has 4 nitrogen and oxygen atoms in total. The molecule has 0 saturated carbocycles. The lowest BCUT2D eigenvalue weighted by Gasteiger charge is -2.24. The van der Waals surface area contributed by atoms with Gasteiger partial charge in [-0.1, -0.05) is 18.2 Å². The minimum absolute atomic E-state index is 0.00207. The minimum atomic E-state index is 0.00207. The molecule has 4 heteroatoms. The van der Waals surface area contributed by atoms with E-state index in [1.165, 1.54) is 0 Å². The molecule has 0 amide bonds. The molecule has 1 unspecified atom stereocenters. The van der Waals surface area contributed by atoms with Crippen molar-refractivity contribution in [2.24, 2.45) is 5.73 Å². The third-order valence-electron chi connectivity index (χ3n) is 3.12. The third kappa shape index (κ3) is 3.22. The van der Waals surface area contributed by atoms with Gasteiger partial charge in [-0.05, 0) is 19.1 Å². The Morgan fingerprint density at radius 2 is 2.11 bits per heavy atom. The number of aromatic nitrogens is 1. The summed E-state index contributed by atoms with van der Waals surface area (Å²) >= 11 is 0. The number of ether oxygens (including phenoxy) is 1. The average Bonchev–Trinajstić information content (AvgIpc) is 2.37. The van der Waals surface area contributed by atoms with E-state index in [1.807, 2.05) is 25.1 Å². The second kappa shape index (κ2) is 5.99. The van der Waals surface area contributed by atoms with E-state index >= 15 is 0 Å². The molecule has 102 valence electrons. The SMILES string of the molecule is COCC(N)CN(C)c1cc(C)nc2ccccc12. The number of hydrogen-bond donors (Lipinski definition) is 1. The van der Waals surface area contributed by atoms with Crippen LogP contribution in [0.25, 0.3) is 10.9 Å². The first-order valence-corrected chi connectivity index (χ1v) is 6.44. The molecule has 1 aromatic carbocycles. The van der Waals surface area contributed by atoms with Crippen molar-refractivity contribution < 1.29 is 4.74 Å². The number of aryl methyl sites for hydroxylation is 1. The van der Waals surface area contributed by atoms with Gasteiger partial charge in [-0.25, -0.2) is 0 Å². The summed E-state index contributed by atoms with van der Waals surface area (Å²) < 4.78 is 5.09. The van der Waals surface area contributed by atoms with E-state index in [9.17, 15) is 0 Å². The van der Waals surface area contributed by atoms with Gasteiger partial charge >= 0.3 is 0 Å². The van der Waals surface area contributed by atoms with Gasteiger partial charge in [0.1, 0.15) is 0 Å². The number of nitrogens with two attached hydrogens (primary N) is 1. The van der Waals surface area contributed by atoms with E-state index in [0.717, 1.165) is 28.8 Å². The maximum absolute atomic E-state index is 6.02. The van der Waals surface area contributed by atoms with Crippen LogP contribution < -0.4 is 10.6 Å². The fourth-order valence-electron chi connectivity index (χ4n) is 2.32. The normalized spacial score (nSPS) is 12.6. The number of fused-ring (bicyclic) bond motifs is 1. The first-order valence-electron chi connectivity index (χ1n) is 6.44. The quantitative estimate of drug-likeness (QED) is 0.891. The van der Waals surface area contributed by atoms with Crippen LogP contribution in [0.3, 0.4) is 0 Å². The number of hydrogen-bond acceptors (Lipinski definition) is 4. The van der Waals surface area contributed by atoms with E-state index < -0.39 is 0 Å². The molecule has 0 radical (unpaired) electrons. The Labute approximate surface area is 114 Å². The van der Waals surface area contributed by atoms with Gasteiger partial charge in [0.25, 0.3) is 0 Å². The molecule has 0 spiro atoms. The summed E-state index contributed by atoms with van der Waals surface area (Å²) in [6.45, 7) is 3.33. The van der Waals surface area contributed by atoms with Gasteiger partial charge in [0, 0.05) is 43.5 Å². The van der Waals surface area contributed by atoms with Gasteiger partial charge in [-0.15, -0.1) is 0 Å². The van der Waals surface area contributed by atoms with Gasteiger partial charge < -0.3 is 15.4 Å². The van der Waals surface area contributed by atoms with Crippen LogP contribution in [-0.2, 0) is 4.74 Å². The number of likely N-dealkylation sites (N-methyl/N-ethyl adjacent to an activating group) is 1. The molecule has 0 aliphatic heterocycles. The zero-order chi connectivity index (χ0) is 13.8. The van der Waals surface area contributed by atoms with Gasteiger partial charge in [0.15, 0.2) is 0 Å². The predicted molar refractivity (Wildman–Crippen MR) is 79.6 cm³/mol. The van der Waals surface area contributed by atoms with Crippen LogP contribution in [0.5, 0.6) is 0 Å². The molecule has 0 fully saturated rings. The highest BCUT2D eigenvalue weighted by atomic mass is 16.5. The summed E-state index contributed by atoms with van der Waals surface area (Å²) in [5.74, 6) is 0. The first-order chi connectivity index (χ1) is 9.11. The van der Waals surface area contributed by atoms with E-state index in [1.54, 1.807) is 7.11 Å². The molecule has 2 N–H and O–H groups in total. The smallest absolute Gasteiger partial charge is 0.0726 e. The third-order valence-corrected chi connectivity index (χ3v) is 3.12. The molecule has 0 bridgehead atoms. The first kappa shape index (κ1) is 13.8. The number of anilines is 1. The van der Waals surface area contributed by atoms with Gasteiger partial charge in [0.2, 0.25) is 0 Å². The number of methoxy groups -OCH3 is 1. The zero-order valence-electron chi connectivity index (χ0n) is 11.8. The summed E-state index contributed by atoms with van der Waals surface area (Å²) in [6, 6.07) is 10.3. The van der Waals surface area contributed by atoms with Crippen molar-refractivity contribution in [2.45, 2.75) is 13.0 Å². The fourth-order valence-corrected chi connectivity index (χ4v) is 2.32. The predicted octanol–water partition coefficient (Wildman–Crippen LogP) is 1.95. The Kier molecular flexibility index (Phi) is 4.35. The largest absolute Gasteiger partial charge is 0.383 e. The number of nitrogens with zero attached hydrogens (tertiary/aromatic N) is 2. The summed E-state index contributed by atoms with van der Waals surface area (Å²) in [4.78, 5) is 6.72. The molecule has 0 saturated heterocycles. The maximum Gasteiger partial charge on any atom is 0.0726 e. The standard InChI is InChI=1S/C15H21N3O/c1-11-8-15(18(2)9-12(16)10-19-3)13-6-4-5-7-14(13)17-11/h4-8,12H,9-10,16H2,1-3H3. The lowest BCUT2D eigenvalue weighted by atomic mass is 10.1. The monoisotopic (exact) mass is 259 g/mol. The molecule has 0 aliphatic rings. The summed E-state index contributed by atoms with van der Waals surface area (Å²) in [5, 5.41) is 1.15. The van der Waals surface area contributed by atoms with Crippen molar-refractivity contribution in [1.82, 2.24) is 4.98 Å². The van der Waals surface area contributed by atoms with Crippen molar-refractivity contribution in [2.75, 3.05) is 32.2 Å². The second-order valence-corrected chi connectivity index (χ2v) is 4.90. The van der Waals surface area contributed by atoms with Crippen molar-refractivity contribution in [3.8, 4) is 0 Å². The number of benzene rings is 1. The molecule has 2 rings (SSSR count). The highest BCUT2D eigenvalue weighted by Crippen LogP contribution is 2.25. The Morgan fingerprint density at radius 1 is 1.37 bits per heavy atom. The van der Waals surface area contributed by atoms with Crippen molar-refractivity contribution in [1.29, 1.82) is 0 Å². The van der Waals surface area contributed by atoms with E-state index in [2.05, 4.69) is 29.1 Å². The number of rotatable bonds is 5. The summed E-state index contributed by atoms with van der Waals surface area (Å²) in [6.07, 6.45) is 0. The van der Waals surface area contributed by atoms with Crippen molar-refractivity contribution in [3.05, 3.63) is 36.0 Å². The van der Waals surface area contributed by atoms with E-state index in [0.29, 0.717) is 6.61 Å². The second-order valence-electron chi connectivity index (χ2n) is 4.90. The van der Waals surface area contributed by atoms with Crippen molar-refractivity contribution >= 4 is 16.6 Å². The van der Waals surface area contributed by atoms with Gasteiger partial charge in [-0.3, -0.25) is 4.98 Å². The lowest BCUT2D eigenvalue weighted by molar-refractivity contribution is 0.182. The Morgan fingerprint density at radius 3 is 2.84 bits per heavy atom. The molecule has 2 aromatic rings. The number of pyridine rings is 1. The molecule has 0 aliphatic carbocycles. The Hall–Kier alpha value is -1.65. The maximum atomic E-state index is 6.02. The van der Waals surface area contributed by atoms with Crippen LogP contribution in [0.1, 0.15) is 5.69 Å². The van der Waals surface area contributed by atoms with E-state index in [4.69, 9.17) is 10.5 Å². The molecule has 1 aromatic heterocycles. The van der Waals surface area contributed by atoms with Gasteiger partial charge in [0.05, 0.1) is 12.1 Å². The minimum Gasteiger partial charge on any atom is -0.383 e. The summed E-state index contributed by atoms with van der Waals surface area (Å²) in [7, 11) is 3.72. The Bertz CT molecular complexity index is 556. The average molecular weight is 259 g/mol. The topological polar surface area (TPSA) is 51.4 Å². The lowest BCUT2D eigenvalue weighted by Crippen LogP contribution is -2.38. The van der Waals surface area contributed by atoms with Crippen LogP contribution in [0.2, 0.25) is 0 Å². The highest BCUT2D eigenvalue weighted by Gasteiger charge is 2.11. The highest BCUT2D eigenvalue weighted by molar-refractivity contribution is 5.91. The van der Waals surface area contributed by atoms with Gasteiger partial charge in [-0.2, -0.15) is 0 Å². The molecular weight excluding hydrogens is 238 g/mol.